The third kappa shape index (κ3) is 3.62. The van der Waals surface area contributed by atoms with Crippen molar-refractivity contribution >= 4 is 5.95 Å². The van der Waals surface area contributed by atoms with Gasteiger partial charge in [0, 0.05) is 50.2 Å². The molecule has 2 aliphatic rings. The molecule has 2 aromatic heterocycles. The van der Waals surface area contributed by atoms with Gasteiger partial charge in [0.25, 0.3) is 5.56 Å². The van der Waals surface area contributed by atoms with Gasteiger partial charge in [-0.2, -0.15) is 5.10 Å². The second-order valence-electron chi connectivity index (χ2n) is 7.31. The van der Waals surface area contributed by atoms with Crippen LogP contribution in [0.4, 0.5) is 5.95 Å². The Bertz CT molecular complexity index is 833. The first-order chi connectivity index (χ1) is 12.6. The Labute approximate surface area is 153 Å². The molecule has 0 saturated carbocycles. The number of hydrogen-bond acceptors (Lipinski definition) is 6. The number of piperazine rings is 1. The van der Waals surface area contributed by atoms with Crippen LogP contribution in [0.15, 0.2) is 16.9 Å². The maximum atomic E-state index is 12.2. The van der Waals surface area contributed by atoms with E-state index >= 15 is 0 Å². The Balaban J connectivity index is 1.34. The molecule has 3 heterocycles. The summed E-state index contributed by atoms with van der Waals surface area (Å²) < 4.78 is 1.64. The molecule has 7 nitrogen and oxygen atoms in total. The fourth-order valence-electron chi connectivity index (χ4n) is 3.86. The molecule has 0 N–H and O–H groups in total. The van der Waals surface area contributed by atoms with Crippen LogP contribution in [0.5, 0.6) is 0 Å². The van der Waals surface area contributed by atoms with Crippen molar-refractivity contribution in [1.82, 2.24) is 24.6 Å². The van der Waals surface area contributed by atoms with Crippen LogP contribution >= 0.6 is 0 Å². The highest BCUT2D eigenvalue weighted by atomic mass is 16.1. The van der Waals surface area contributed by atoms with Gasteiger partial charge in [0.05, 0.1) is 12.2 Å². The van der Waals surface area contributed by atoms with E-state index in [0.29, 0.717) is 6.54 Å². The number of nitrogens with zero attached hydrogens (tertiary/aromatic N) is 6. The zero-order valence-electron chi connectivity index (χ0n) is 15.6. The Hall–Kier alpha value is -2.28. The molecular weight excluding hydrogens is 328 g/mol. The normalized spacial score (nSPS) is 17.5. The lowest BCUT2D eigenvalue weighted by molar-refractivity contribution is 0.241. The largest absolute Gasteiger partial charge is 0.338 e. The summed E-state index contributed by atoms with van der Waals surface area (Å²) in [6.07, 6.45) is 3.12. The van der Waals surface area contributed by atoms with Crippen LogP contribution in [0.25, 0.3) is 0 Å². The number of aromatic nitrogens is 4. The van der Waals surface area contributed by atoms with Crippen molar-refractivity contribution in [2.75, 3.05) is 37.6 Å². The maximum absolute atomic E-state index is 12.2. The van der Waals surface area contributed by atoms with Crippen molar-refractivity contribution in [3.63, 3.8) is 0 Å². The molecule has 2 aromatic rings. The highest BCUT2D eigenvalue weighted by molar-refractivity contribution is 5.32. The average molecular weight is 354 g/mol. The lowest BCUT2D eigenvalue weighted by Gasteiger charge is -2.34. The van der Waals surface area contributed by atoms with Crippen LogP contribution in [0, 0.1) is 13.8 Å². The molecule has 0 spiro atoms. The van der Waals surface area contributed by atoms with Gasteiger partial charge in [-0.3, -0.25) is 9.69 Å². The maximum Gasteiger partial charge on any atom is 0.267 e. The van der Waals surface area contributed by atoms with Gasteiger partial charge in [-0.25, -0.2) is 14.6 Å². The fourth-order valence-corrected chi connectivity index (χ4v) is 3.86. The Kier molecular flexibility index (Phi) is 4.72. The Morgan fingerprint density at radius 3 is 2.42 bits per heavy atom. The number of aryl methyl sites for hydroxylation is 4. The zero-order chi connectivity index (χ0) is 18.1. The van der Waals surface area contributed by atoms with Gasteiger partial charge in [0.15, 0.2) is 0 Å². The lowest BCUT2D eigenvalue weighted by Crippen LogP contribution is -2.48. The smallest absolute Gasteiger partial charge is 0.267 e. The molecule has 7 heteroatoms. The van der Waals surface area contributed by atoms with Crippen LogP contribution in [-0.2, 0) is 19.4 Å². The molecule has 0 radical (unpaired) electrons. The topological polar surface area (TPSA) is 67.2 Å². The van der Waals surface area contributed by atoms with E-state index in [-0.39, 0.29) is 5.56 Å². The summed E-state index contributed by atoms with van der Waals surface area (Å²) in [5.41, 5.74) is 4.32. The van der Waals surface area contributed by atoms with Crippen molar-refractivity contribution in [1.29, 1.82) is 0 Å². The molecule has 0 unspecified atom stereocenters. The average Bonchev–Trinajstić information content (AvgIpc) is 3.06. The van der Waals surface area contributed by atoms with E-state index in [0.717, 1.165) is 80.6 Å². The molecule has 138 valence electrons. The minimum absolute atomic E-state index is 0.0351. The number of rotatable bonds is 4. The summed E-state index contributed by atoms with van der Waals surface area (Å²) in [6.45, 7) is 9.27. The molecule has 0 amide bonds. The quantitative estimate of drug-likeness (QED) is 0.815. The summed E-state index contributed by atoms with van der Waals surface area (Å²) in [6, 6.07) is 3.78. The molecule has 0 bridgehead atoms. The van der Waals surface area contributed by atoms with E-state index in [2.05, 4.69) is 24.9 Å². The fraction of sp³-hybridized carbons (Fsp3) is 0.579. The first-order valence-electron chi connectivity index (χ1n) is 9.48. The van der Waals surface area contributed by atoms with Crippen LogP contribution in [0.3, 0.4) is 0 Å². The molecule has 0 aromatic carbocycles. The van der Waals surface area contributed by atoms with Crippen molar-refractivity contribution in [3.05, 3.63) is 45.1 Å². The SMILES string of the molecule is Cc1cc(C)nc(N2CCN(CCn3nc4c(cc3=O)CCC4)CC2)n1. The number of hydrogen-bond donors (Lipinski definition) is 0. The molecule has 1 aliphatic heterocycles. The summed E-state index contributed by atoms with van der Waals surface area (Å²) in [5, 5.41) is 4.57. The summed E-state index contributed by atoms with van der Waals surface area (Å²) in [7, 11) is 0. The van der Waals surface area contributed by atoms with Gasteiger partial charge in [0.2, 0.25) is 5.95 Å². The van der Waals surface area contributed by atoms with Gasteiger partial charge in [-0.15, -0.1) is 0 Å². The van der Waals surface area contributed by atoms with E-state index in [1.165, 1.54) is 0 Å². The minimum atomic E-state index is 0.0351. The van der Waals surface area contributed by atoms with Crippen molar-refractivity contribution in [2.24, 2.45) is 0 Å². The summed E-state index contributed by atoms with van der Waals surface area (Å²) in [5.74, 6) is 0.832. The van der Waals surface area contributed by atoms with Gasteiger partial charge < -0.3 is 4.90 Å². The molecule has 0 atom stereocenters. The Morgan fingerprint density at radius 2 is 1.69 bits per heavy atom. The predicted octanol–water partition coefficient (Wildman–Crippen LogP) is 0.961. The third-order valence-electron chi connectivity index (χ3n) is 5.28. The molecular formula is C19H26N6O. The van der Waals surface area contributed by atoms with Crippen molar-refractivity contribution < 1.29 is 0 Å². The molecule has 1 saturated heterocycles. The third-order valence-corrected chi connectivity index (χ3v) is 5.28. The lowest BCUT2D eigenvalue weighted by atomic mass is 10.2. The highest BCUT2D eigenvalue weighted by Crippen LogP contribution is 2.17. The van der Waals surface area contributed by atoms with Crippen LogP contribution in [-0.4, -0.2) is 57.4 Å². The standard InChI is InChI=1S/C19H26N6O/c1-14-12-15(2)21-19(20-14)24-9-6-23(7-10-24)8-11-25-18(26)13-16-4-3-5-17(16)22-25/h12-13H,3-11H2,1-2H3. The van der Waals surface area contributed by atoms with E-state index in [1.54, 1.807) is 10.7 Å². The van der Waals surface area contributed by atoms with E-state index in [4.69, 9.17) is 0 Å². The Morgan fingerprint density at radius 1 is 0.962 bits per heavy atom. The second-order valence-corrected chi connectivity index (χ2v) is 7.31. The zero-order valence-corrected chi connectivity index (χ0v) is 15.6. The first-order valence-corrected chi connectivity index (χ1v) is 9.48. The van der Waals surface area contributed by atoms with Gasteiger partial charge >= 0.3 is 0 Å². The number of fused-ring (bicyclic) bond motifs is 1. The predicted molar refractivity (Wildman–Crippen MR) is 101 cm³/mol. The van der Waals surface area contributed by atoms with Gasteiger partial charge in [-0.05, 0) is 44.7 Å². The highest BCUT2D eigenvalue weighted by Gasteiger charge is 2.20. The van der Waals surface area contributed by atoms with Crippen molar-refractivity contribution in [2.45, 2.75) is 39.7 Å². The summed E-state index contributed by atoms with van der Waals surface area (Å²) >= 11 is 0. The summed E-state index contributed by atoms with van der Waals surface area (Å²) in [4.78, 5) is 26.0. The molecule has 26 heavy (non-hydrogen) atoms. The minimum Gasteiger partial charge on any atom is -0.338 e. The van der Waals surface area contributed by atoms with E-state index in [9.17, 15) is 4.79 Å². The molecule has 1 aliphatic carbocycles. The van der Waals surface area contributed by atoms with Gasteiger partial charge in [-0.1, -0.05) is 0 Å². The molecule has 1 fully saturated rings. The monoisotopic (exact) mass is 354 g/mol. The van der Waals surface area contributed by atoms with Crippen LogP contribution < -0.4 is 10.5 Å². The first kappa shape index (κ1) is 17.1. The van der Waals surface area contributed by atoms with Crippen LogP contribution in [0.1, 0.15) is 29.1 Å². The van der Waals surface area contributed by atoms with Crippen LogP contribution in [0.2, 0.25) is 0 Å². The van der Waals surface area contributed by atoms with E-state index in [1.807, 2.05) is 19.9 Å². The molecule has 4 rings (SSSR count). The van der Waals surface area contributed by atoms with Gasteiger partial charge in [0.1, 0.15) is 0 Å². The second kappa shape index (κ2) is 7.15. The van der Waals surface area contributed by atoms with Crippen molar-refractivity contribution in [3.8, 4) is 0 Å². The van der Waals surface area contributed by atoms with E-state index < -0.39 is 0 Å². The number of anilines is 1.